The van der Waals surface area contributed by atoms with Crippen LogP contribution in [0.5, 0.6) is 5.75 Å². The van der Waals surface area contributed by atoms with Crippen molar-refractivity contribution in [2.45, 2.75) is 6.54 Å². The van der Waals surface area contributed by atoms with E-state index in [2.05, 4.69) is 25.9 Å². The molecule has 0 unspecified atom stereocenters. The molecule has 0 amide bonds. The molecular weight excluding hydrogens is 370 g/mol. The molecule has 5 nitrogen and oxygen atoms in total. The van der Waals surface area contributed by atoms with Gasteiger partial charge in [-0.1, -0.05) is 23.7 Å². The Morgan fingerprint density at radius 3 is 2.73 bits per heavy atom. The topological polar surface area (TPSA) is 57.0 Å². The molecule has 0 bridgehead atoms. The van der Waals surface area contributed by atoms with E-state index in [1.807, 2.05) is 24.3 Å². The Labute approximate surface area is 139 Å². The summed E-state index contributed by atoms with van der Waals surface area (Å²) >= 11 is 9.37. The van der Waals surface area contributed by atoms with Crippen LogP contribution in [0.15, 0.2) is 45.8 Å². The number of hydrogen-bond donors (Lipinski definition) is 0. The SMILES string of the molecule is COc1ccc(Cn2c(=O)nc(Cl)c3ncc(Br)cc32)cc1. The predicted octanol–water partition coefficient (Wildman–Crippen LogP) is 3.26. The molecule has 0 saturated heterocycles. The second kappa shape index (κ2) is 6.06. The quantitative estimate of drug-likeness (QED) is 0.655. The van der Waals surface area contributed by atoms with Gasteiger partial charge in [-0.05, 0) is 39.7 Å². The van der Waals surface area contributed by atoms with Gasteiger partial charge in [-0.3, -0.25) is 9.55 Å². The number of ether oxygens (including phenoxy) is 1. The summed E-state index contributed by atoms with van der Waals surface area (Å²) in [5, 5.41) is 0.110. The largest absolute Gasteiger partial charge is 0.497 e. The van der Waals surface area contributed by atoms with E-state index >= 15 is 0 Å². The van der Waals surface area contributed by atoms with Crippen LogP contribution in [0.25, 0.3) is 11.0 Å². The molecule has 0 aliphatic heterocycles. The van der Waals surface area contributed by atoms with Crippen molar-refractivity contribution >= 4 is 38.6 Å². The maximum Gasteiger partial charge on any atom is 0.349 e. The van der Waals surface area contributed by atoms with E-state index in [4.69, 9.17) is 16.3 Å². The molecule has 2 heterocycles. The monoisotopic (exact) mass is 379 g/mol. The Morgan fingerprint density at radius 2 is 2.05 bits per heavy atom. The van der Waals surface area contributed by atoms with Crippen LogP contribution in [0.2, 0.25) is 5.15 Å². The standard InChI is InChI=1S/C15H11BrClN3O2/c1-22-11-4-2-9(3-5-11)8-20-12-6-10(16)7-18-13(12)14(17)19-15(20)21/h2-7H,8H2,1H3. The second-order valence-electron chi connectivity index (χ2n) is 4.64. The van der Waals surface area contributed by atoms with Gasteiger partial charge in [0.15, 0.2) is 5.15 Å². The van der Waals surface area contributed by atoms with Crippen molar-refractivity contribution < 1.29 is 4.74 Å². The third-order valence-electron chi connectivity index (χ3n) is 3.24. The van der Waals surface area contributed by atoms with Gasteiger partial charge >= 0.3 is 5.69 Å². The van der Waals surface area contributed by atoms with Crippen LogP contribution in [-0.2, 0) is 6.54 Å². The summed E-state index contributed by atoms with van der Waals surface area (Å²) in [7, 11) is 1.61. The van der Waals surface area contributed by atoms with Gasteiger partial charge < -0.3 is 4.74 Å². The molecule has 22 heavy (non-hydrogen) atoms. The summed E-state index contributed by atoms with van der Waals surface area (Å²) in [6, 6.07) is 9.30. The van der Waals surface area contributed by atoms with Crippen molar-refractivity contribution in [3.8, 4) is 5.75 Å². The summed E-state index contributed by atoms with van der Waals surface area (Å²) in [4.78, 5) is 20.3. The van der Waals surface area contributed by atoms with Crippen molar-refractivity contribution in [2.24, 2.45) is 0 Å². The zero-order chi connectivity index (χ0) is 15.7. The van der Waals surface area contributed by atoms with Gasteiger partial charge in [0.2, 0.25) is 0 Å². The fraction of sp³-hybridized carbons (Fsp3) is 0.133. The minimum absolute atomic E-state index is 0.110. The number of rotatable bonds is 3. The fourth-order valence-electron chi connectivity index (χ4n) is 2.16. The zero-order valence-electron chi connectivity index (χ0n) is 11.6. The van der Waals surface area contributed by atoms with E-state index in [0.29, 0.717) is 17.6 Å². The highest BCUT2D eigenvalue weighted by molar-refractivity contribution is 9.10. The highest BCUT2D eigenvalue weighted by Gasteiger charge is 2.11. The smallest absolute Gasteiger partial charge is 0.349 e. The van der Waals surface area contributed by atoms with E-state index < -0.39 is 5.69 Å². The number of pyridine rings is 1. The summed E-state index contributed by atoms with van der Waals surface area (Å²) in [5.41, 5.74) is 1.68. The van der Waals surface area contributed by atoms with Crippen LogP contribution in [0.3, 0.4) is 0 Å². The van der Waals surface area contributed by atoms with Gasteiger partial charge in [-0.2, -0.15) is 4.98 Å². The first kappa shape index (κ1) is 15.0. The normalized spacial score (nSPS) is 10.9. The molecule has 0 saturated carbocycles. The van der Waals surface area contributed by atoms with Crippen molar-refractivity contribution in [2.75, 3.05) is 7.11 Å². The highest BCUT2D eigenvalue weighted by Crippen LogP contribution is 2.21. The van der Waals surface area contributed by atoms with Crippen LogP contribution >= 0.6 is 27.5 Å². The number of halogens is 2. The van der Waals surface area contributed by atoms with E-state index in [9.17, 15) is 4.79 Å². The number of nitrogens with zero attached hydrogens (tertiary/aromatic N) is 3. The lowest BCUT2D eigenvalue weighted by Gasteiger charge is -2.10. The lowest BCUT2D eigenvalue weighted by atomic mass is 10.2. The van der Waals surface area contributed by atoms with Crippen molar-refractivity contribution in [3.63, 3.8) is 0 Å². The Balaban J connectivity index is 2.13. The number of aromatic nitrogens is 3. The predicted molar refractivity (Wildman–Crippen MR) is 88.6 cm³/mol. The Morgan fingerprint density at radius 1 is 1.32 bits per heavy atom. The molecule has 3 aromatic rings. The van der Waals surface area contributed by atoms with Gasteiger partial charge in [0, 0.05) is 10.7 Å². The molecule has 2 aromatic heterocycles. The Bertz CT molecular complexity index is 894. The van der Waals surface area contributed by atoms with Gasteiger partial charge in [0.1, 0.15) is 11.3 Å². The van der Waals surface area contributed by atoms with Crippen molar-refractivity contribution in [1.29, 1.82) is 0 Å². The average Bonchev–Trinajstić information content (AvgIpc) is 2.51. The van der Waals surface area contributed by atoms with E-state index in [1.165, 1.54) is 0 Å². The lowest BCUT2D eigenvalue weighted by Crippen LogP contribution is -2.24. The first-order valence-electron chi connectivity index (χ1n) is 6.43. The number of hydrogen-bond acceptors (Lipinski definition) is 4. The molecule has 1 aromatic carbocycles. The molecule has 7 heteroatoms. The van der Waals surface area contributed by atoms with Gasteiger partial charge in [-0.15, -0.1) is 0 Å². The Kier molecular flexibility index (Phi) is 4.13. The van der Waals surface area contributed by atoms with Gasteiger partial charge in [0.05, 0.1) is 19.2 Å². The average molecular weight is 381 g/mol. The van der Waals surface area contributed by atoms with Crippen LogP contribution in [0.4, 0.5) is 0 Å². The van der Waals surface area contributed by atoms with Crippen LogP contribution in [0, 0.1) is 0 Å². The molecule has 0 spiro atoms. The summed E-state index contributed by atoms with van der Waals surface area (Å²) < 4.78 is 7.44. The minimum Gasteiger partial charge on any atom is -0.497 e. The third-order valence-corrected chi connectivity index (χ3v) is 3.94. The number of methoxy groups -OCH3 is 1. The first-order valence-corrected chi connectivity index (χ1v) is 7.60. The minimum atomic E-state index is -0.409. The van der Waals surface area contributed by atoms with E-state index in [0.717, 1.165) is 15.8 Å². The molecular formula is C15H11BrClN3O2. The summed E-state index contributed by atoms with van der Waals surface area (Å²) in [5.74, 6) is 0.764. The van der Waals surface area contributed by atoms with E-state index in [1.54, 1.807) is 23.9 Å². The van der Waals surface area contributed by atoms with Crippen molar-refractivity contribution in [1.82, 2.24) is 14.5 Å². The maximum atomic E-state index is 12.2. The molecule has 0 aliphatic rings. The Hall–Kier alpha value is -1.92. The number of benzene rings is 1. The third kappa shape index (κ3) is 2.84. The lowest BCUT2D eigenvalue weighted by molar-refractivity contribution is 0.414. The van der Waals surface area contributed by atoms with Crippen LogP contribution < -0.4 is 10.4 Å². The molecule has 3 rings (SSSR count). The number of fused-ring (bicyclic) bond motifs is 1. The molecule has 0 atom stereocenters. The van der Waals surface area contributed by atoms with Gasteiger partial charge in [0.25, 0.3) is 0 Å². The zero-order valence-corrected chi connectivity index (χ0v) is 13.9. The molecule has 0 fully saturated rings. The summed E-state index contributed by atoms with van der Waals surface area (Å²) in [6.45, 7) is 0.377. The highest BCUT2D eigenvalue weighted by atomic mass is 79.9. The van der Waals surface area contributed by atoms with E-state index in [-0.39, 0.29) is 5.15 Å². The fourth-order valence-corrected chi connectivity index (χ4v) is 2.70. The van der Waals surface area contributed by atoms with Crippen molar-refractivity contribution in [3.05, 3.63) is 62.2 Å². The first-order chi connectivity index (χ1) is 10.6. The molecule has 112 valence electrons. The second-order valence-corrected chi connectivity index (χ2v) is 5.91. The summed E-state index contributed by atoms with van der Waals surface area (Å²) in [6.07, 6.45) is 1.62. The molecule has 0 radical (unpaired) electrons. The molecule has 0 aliphatic carbocycles. The van der Waals surface area contributed by atoms with Gasteiger partial charge in [-0.25, -0.2) is 4.79 Å². The molecule has 0 N–H and O–H groups in total. The van der Waals surface area contributed by atoms with Crippen LogP contribution in [-0.4, -0.2) is 21.6 Å². The maximum absolute atomic E-state index is 12.2. The van der Waals surface area contributed by atoms with Crippen LogP contribution in [0.1, 0.15) is 5.56 Å².